The molecule has 0 spiro atoms. The molecule has 4 rings (SSSR count). The molecule has 2 N–H and O–H groups in total. The third-order valence-electron chi connectivity index (χ3n) is 7.47. The molecule has 0 bridgehead atoms. The molecule has 8 heteroatoms. The van der Waals surface area contributed by atoms with Gasteiger partial charge in [0.05, 0.1) is 11.0 Å². The molecular formula is C33H43N5O2S. The molecule has 7 nitrogen and oxygen atoms in total. The van der Waals surface area contributed by atoms with Gasteiger partial charge in [-0.3, -0.25) is 9.59 Å². The van der Waals surface area contributed by atoms with Crippen LogP contribution in [0.5, 0.6) is 0 Å². The molecule has 0 fully saturated rings. The van der Waals surface area contributed by atoms with Crippen LogP contribution in [0.4, 0.5) is 5.69 Å². The zero-order valence-electron chi connectivity index (χ0n) is 25.1. The van der Waals surface area contributed by atoms with Gasteiger partial charge in [0.2, 0.25) is 5.91 Å². The Kier molecular flexibility index (Phi) is 10.2. The van der Waals surface area contributed by atoms with E-state index in [4.69, 9.17) is 4.98 Å². The summed E-state index contributed by atoms with van der Waals surface area (Å²) >= 11 is 1.73. The van der Waals surface area contributed by atoms with Crippen LogP contribution in [0.3, 0.4) is 0 Å². The Morgan fingerprint density at radius 3 is 2.46 bits per heavy atom. The average molecular weight is 574 g/mol. The second-order valence-electron chi connectivity index (χ2n) is 11.3. The molecule has 0 aliphatic heterocycles. The minimum Gasteiger partial charge on any atom is -0.378 e. The van der Waals surface area contributed by atoms with Crippen molar-refractivity contribution in [3.8, 4) is 0 Å². The van der Waals surface area contributed by atoms with Crippen molar-refractivity contribution < 1.29 is 9.59 Å². The summed E-state index contributed by atoms with van der Waals surface area (Å²) in [7, 11) is 3.98. The van der Waals surface area contributed by atoms with E-state index in [1.54, 1.807) is 11.3 Å². The summed E-state index contributed by atoms with van der Waals surface area (Å²) in [5.41, 5.74) is 4.44. The van der Waals surface area contributed by atoms with Gasteiger partial charge in [-0.25, -0.2) is 4.98 Å². The minimum absolute atomic E-state index is 0.181. The number of carbonyl (C=O) groups excluding carboxylic acids is 2. The van der Waals surface area contributed by atoms with Crippen LogP contribution in [0.25, 0.3) is 11.0 Å². The quantitative estimate of drug-likeness (QED) is 0.189. The lowest BCUT2D eigenvalue weighted by molar-refractivity contribution is -0.123. The Morgan fingerprint density at radius 2 is 1.80 bits per heavy atom. The summed E-state index contributed by atoms with van der Waals surface area (Å²) < 4.78 is 2.34. The van der Waals surface area contributed by atoms with Crippen molar-refractivity contribution in [3.63, 3.8) is 0 Å². The normalized spacial score (nSPS) is 12.2. The Hall–Kier alpha value is -3.65. The average Bonchev–Trinajstić information content (AvgIpc) is 3.59. The standard InChI is InChI=1S/C33H43N5O2S/c1-7-25(8-2)38-30-15-14-24(19-28(30)35-31(38)20-27-13-10-16-41-27)32(39)36-29(17-22(3)4)33(40)34-21-23-11-9-12-26(18-23)37(5)6/h9-16,18-19,22,25,29H,7-8,17,20-21H2,1-6H3,(H,34,40)(H,36,39)/t29-/m0/s1. The van der Waals surface area contributed by atoms with E-state index in [1.165, 1.54) is 4.88 Å². The zero-order chi connectivity index (χ0) is 29.5. The molecule has 218 valence electrons. The first kappa shape index (κ1) is 30.3. The predicted molar refractivity (Wildman–Crippen MR) is 170 cm³/mol. The lowest BCUT2D eigenvalue weighted by Gasteiger charge is -2.21. The van der Waals surface area contributed by atoms with Gasteiger partial charge >= 0.3 is 0 Å². The molecule has 0 aliphatic carbocycles. The number of aromatic nitrogens is 2. The van der Waals surface area contributed by atoms with E-state index in [2.05, 4.69) is 66.5 Å². The summed E-state index contributed by atoms with van der Waals surface area (Å²) in [4.78, 5) is 35.0. The van der Waals surface area contributed by atoms with Crippen LogP contribution in [-0.4, -0.2) is 41.5 Å². The highest BCUT2D eigenvalue weighted by Gasteiger charge is 2.24. The van der Waals surface area contributed by atoms with Crippen LogP contribution in [0, 0.1) is 5.92 Å². The van der Waals surface area contributed by atoms with E-state index >= 15 is 0 Å². The molecular weight excluding hydrogens is 530 g/mol. The van der Waals surface area contributed by atoms with Gasteiger partial charge in [0, 0.05) is 49.2 Å². The number of carbonyl (C=O) groups is 2. The van der Waals surface area contributed by atoms with Gasteiger partial charge < -0.3 is 20.1 Å². The molecule has 2 heterocycles. The van der Waals surface area contributed by atoms with Crippen LogP contribution >= 0.6 is 11.3 Å². The molecule has 2 amide bonds. The van der Waals surface area contributed by atoms with Gasteiger partial charge in [0.1, 0.15) is 11.9 Å². The summed E-state index contributed by atoms with van der Waals surface area (Å²) in [5, 5.41) is 8.12. The van der Waals surface area contributed by atoms with Crippen molar-refractivity contribution in [2.24, 2.45) is 5.92 Å². The van der Waals surface area contributed by atoms with Gasteiger partial charge in [0.15, 0.2) is 0 Å². The van der Waals surface area contributed by atoms with Gasteiger partial charge in [-0.2, -0.15) is 0 Å². The smallest absolute Gasteiger partial charge is 0.252 e. The van der Waals surface area contributed by atoms with E-state index in [-0.39, 0.29) is 17.7 Å². The maximum Gasteiger partial charge on any atom is 0.252 e. The molecule has 0 aliphatic rings. The molecule has 41 heavy (non-hydrogen) atoms. The molecule has 4 aromatic rings. The number of fused-ring (bicyclic) bond motifs is 1. The Morgan fingerprint density at radius 1 is 1.02 bits per heavy atom. The number of rotatable bonds is 13. The van der Waals surface area contributed by atoms with Crippen LogP contribution in [0.1, 0.15) is 79.6 Å². The fourth-order valence-electron chi connectivity index (χ4n) is 5.25. The highest BCUT2D eigenvalue weighted by molar-refractivity contribution is 7.09. The third-order valence-corrected chi connectivity index (χ3v) is 8.34. The second kappa shape index (κ2) is 13.8. The van der Waals surface area contributed by atoms with E-state index in [0.717, 1.165) is 47.4 Å². The van der Waals surface area contributed by atoms with E-state index < -0.39 is 6.04 Å². The molecule has 0 saturated heterocycles. The number of thiophene rings is 1. The maximum absolute atomic E-state index is 13.4. The SMILES string of the molecule is CCC(CC)n1c(Cc2cccs2)nc2cc(C(=O)N[C@@H](CC(C)C)C(=O)NCc3cccc(N(C)C)c3)ccc21. The summed E-state index contributed by atoms with van der Waals surface area (Å²) in [6.45, 7) is 8.92. The van der Waals surface area contributed by atoms with Crippen molar-refractivity contribution in [2.45, 2.75) is 72.0 Å². The van der Waals surface area contributed by atoms with Crippen molar-refractivity contribution in [1.29, 1.82) is 0 Å². The number of anilines is 1. The molecule has 0 radical (unpaired) electrons. The summed E-state index contributed by atoms with van der Waals surface area (Å²) in [6.07, 6.45) is 3.32. The van der Waals surface area contributed by atoms with Crippen LogP contribution in [-0.2, 0) is 17.8 Å². The van der Waals surface area contributed by atoms with E-state index in [0.29, 0.717) is 24.6 Å². The lowest BCUT2D eigenvalue weighted by atomic mass is 10.0. The lowest BCUT2D eigenvalue weighted by Crippen LogP contribution is -2.47. The number of hydrogen-bond donors (Lipinski definition) is 2. The van der Waals surface area contributed by atoms with Crippen LogP contribution in [0.2, 0.25) is 0 Å². The largest absolute Gasteiger partial charge is 0.378 e. The third kappa shape index (κ3) is 7.55. The van der Waals surface area contributed by atoms with Gasteiger partial charge in [-0.05, 0) is 72.5 Å². The summed E-state index contributed by atoms with van der Waals surface area (Å²) in [5.74, 6) is 0.809. The van der Waals surface area contributed by atoms with Crippen molar-refractivity contribution >= 4 is 39.9 Å². The number of amides is 2. The van der Waals surface area contributed by atoms with E-state index in [1.807, 2.05) is 55.4 Å². The number of hydrogen-bond acceptors (Lipinski definition) is 5. The Bertz CT molecular complexity index is 1450. The zero-order valence-corrected chi connectivity index (χ0v) is 25.9. The Balaban J connectivity index is 1.53. The van der Waals surface area contributed by atoms with Gasteiger partial charge in [0.25, 0.3) is 5.91 Å². The number of imidazole rings is 1. The molecule has 2 aromatic carbocycles. The topological polar surface area (TPSA) is 79.3 Å². The van der Waals surface area contributed by atoms with E-state index in [9.17, 15) is 9.59 Å². The van der Waals surface area contributed by atoms with Crippen LogP contribution in [0.15, 0.2) is 60.0 Å². The summed E-state index contributed by atoms with van der Waals surface area (Å²) in [6, 6.07) is 17.7. The molecule has 0 unspecified atom stereocenters. The fourth-order valence-corrected chi connectivity index (χ4v) is 5.95. The highest BCUT2D eigenvalue weighted by Crippen LogP contribution is 2.28. The highest BCUT2D eigenvalue weighted by atomic mass is 32.1. The first-order chi connectivity index (χ1) is 19.7. The van der Waals surface area contributed by atoms with Crippen molar-refractivity contribution in [1.82, 2.24) is 20.2 Å². The van der Waals surface area contributed by atoms with Crippen molar-refractivity contribution in [3.05, 3.63) is 81.8 Å². The Labute approximate surface area is 248 Å². The number of nitrogens with one attached hydrogen (secondary N) is 2. The predicted octanol–water partition coefficient (Wildman–Crippen LogP) is 6.58. The first-order valence-corrected chi connectivity index (χ1v) is 15.5. The molecule has 0 saturated carbocycles. The fraction of sp³-hybridized carbons (Fsp3) is 0.424. The number of nitrogens with zero attached hydrogens (tertiary/aromatic N) is 3. The molecule has 2 aromatic heterocycles. The monoisotopic (exact) mass is 573 g/mol. The number of benzene rings is 2. The van der Waals surface area contributed by atoms with Gasteiger partial charge in [-0.15, -0.1) is 11.3 Å². The second-order valence-corrected chi connectivity index (χ2v) is 12.3. The maximum atomic E-state index is 13.4. The minimum atomic E-state index is -0.633. The first-order valence-electron chi connectivity index (χ1n) is 14.6. The van der Waals surface area contributed by atoms with Crippen molar-refractivity contribution in [2.75, 3.05) is 19.0 Å². The van der Waals surface area contributed by atoms with Gasteiger partial charge in [-0.1, -0.05) is 45.9 Å². The molecule has 1 atom stereocenters. The van der Waals surface area contributed by atoms with Crippen LogP contribution < -0.4 is 15.5 Å².